The maximum absolute atomic E-state index is 12.6. The van der Waals surface area contributed by atoms with E-state index in [1.54, 1.807) is 25.2 Å². The second-order valence-electron chi connectivity index (χ2n) is 8.39. The van der Waals surface area contributed by atoms with Gasteiger partial charge >= 0.3 is 17.8 Å². The molecule has 37 heavy (non-hydrogen) atoms. The lowest BCUT2D eigenvalue weighted by molar-refractivity contribution is -0.132. The molecule has 9 nitrogen and oxygen atoms in total. The highest BCUT2D eigenvalue weighted by atomic mass is 127. The number of aromatic carboxylic acids is 1. The van der Waals surface area contributed by atoms with Gasteiger partial charge in [-0.05, 0) is 65.4 Å². The largest absolute Gasteiger partial charge is 0.507 e. The molecule has 0 bridgehead atoms. The molecule has 0 saturated heterocycles. The maximum Gasteiger partial charge on any atom is 0.339 e. The van der Waals surface area contributed by atoms with Crippen molar-refractivity contribution in [1.29, 1.82) is 0 Å². The van der Waals surface area contributed by atoms with Crippen LogP contribution in [-0.4, -0.2) is 37.5 Å². The lowest BCUT2D eigenvalue weighted by Gasteiger charge is -2.09. The Kier molecular flexibility index (Phi) is 6.33. The Hall–Kier alpha value is -3.97. The van der Waals surface area contributed by atoms with Gasteiger partial charge in [-0.3, -0.25) is 14.9 Å². The van der Waals surface area contributed by atoms with Crippen LogP contribution >= 0.6 is 33.9 Å². The van der Waals surface area contributed by atoms with Gasteiger partial charge in [0.15, 0.2) is 5.13 Å². The fourth-order valence-corrected chi connectivity index (χ4v) is 6.15. The molecule has 4 N–H and O–H groups in total. The summed E-state index contributed by atoms with van der Waals surface area (Å²) in [6.07, 6.45) is 0. The van der Waals surface area contributed by atoms with Gasteiger partial charge in [-0.25, -0.2) is 9.78 Å². The number of carboxylic acids is 1. The third kappa shape index (κ3) is 4.62. The van der Waals surface area contributed by atoms with Crippen LogP contribution in [0.25, 0.3) is 32.4 Å². The van der Waals surface area contributed by atoms with Crippen molar-refractivity contribution in [3.05, 3.63) is 69.3 Å². The molecule has 0 saturated carbocycles. The van der Waals surface area contributed by atoms with Crippen LogP contribution in [0.2, 0.25) is 0 Å². The molecule has 11 heteroatoms. The minimum absolute atomic E-state index is 0.183. The molecule has 0 atom stereocenters. The smallest absolute Gasteiger partial charge is 0.339 e. The molecule has 5 rings (SSSR count). The third-order valence-corrected chi connectivity index (χ3v) is 7.88. The molecule has 186 valence electrons. The quantitative estimate of drug-likeness (QED) is 0.157. The number of nitrogens with zero attached hydrogens (tertiary/aromatic N) is 2. The molecule has 3 aromatic carbocycles. The van der Waals surface area contributed by atoms with Crippen LogP contribution in [0.15, 0.2) is 54.6 Å². The lowest BCUT2D eigenvalue weighted by atomic mass is 10.1. The zero-order valence-electron chi connectivity index (χ0n) is 19.5. The van der Waals surface area contributed by atoms with E-state index < -0.39 is 17.8 Å². The van der Waals surface area contributed by atoms with Gasteiger partial charge in [0.25, 0.3) is 0 Å². The Morgan fingerprint density at radius 2 is 1.78 bits per heavy atom. The number of amides is 2. The van der Waals surface area contributed by atoms with Crippen LogP contribution in [0, 0.1) is 10.5 Å². The van der Waals surface area contributed by atoms with Crippen molar-refractivity contribution in [3.8, 4) is 17.0 Å². The number of carboxylic acid groups (broad SMARTS) is 1. The average molecular weight is 626 g/mol. The third-order valence-electron chi connectivity index (χ3n) is 5.85. The van der Waals surface area contributed by atoms with E-state index in [0.29, 0.717) is 21.7 Å². The minimum Gasteiger partial charge on any atom is -0.507 e. The summed E-state index contributed by atoms with van der Waals surface area (Å²) < 4.78 is 3.53. The van der Waals surface area contributed by atoms with Crippen molar-refractivity contribution >= 4 is 83.6 Å². The van der Waals surface area contributed by atoms with E-state index in [2.05, 4.69) is 38.2 Å². The molecule has 5 aromatic rings. The van der Waals surface area contributed by atoms with E-state index >= 15 is 0 Å². The summed E-state index contributed by atoms with van der Waals surface area (Å²) in [5.74, 6) is -3.21. The van der Waals surface area contributed by atoms with E-state index in [4.69, 9.17) is 0 Å². The molecule has 0 spiro atoms. The number of thiazole rings is 1. The summed E-state index contributed by atoms with van der Waals surface area (Å²) >= 11 is 3.42. The second kappa shape index (κ2) is 9.48. The standard InChI is InChI=1S/C26H19IN4O5S/c1-12-6-7-17-20(8-12)37-26(29-17)30-24(34)23(33)28-14-5-3-4-13(9-14)22-21(27)15-10-16(25(35)36)19(32)11-18(15)31(22)2/h3-11,32H,1-2H3,(H,28,33)(H,35,36)(H,29,30,34). The van der Waals surface area contributed by atoms with Crippen LogP contribution < -0.4 is 10.6 Å². The first-order chi connectivity index (χ1) is 17.6. The second-order valence-corrected chi connectivity index (χ2v) is 10.5. The van der Waals surface area contributed by atoms with Crippen molar-refractivity contribution in [2.45, 2.75) is 6.92 Å². The highest BCUT2D eigenvalue weighted by molar-refractivity contribution is 14.1. The Morgan fingerprint density at radius 3 is 2.54 bits per heavy atom. The van der Waals surface area contributed by atoms with E-state index in [0.717, 1.165) is 30.6 Å². The van der Waals surface area contributed by atoms with Gasteiger partial charge in [0.1, 0.15) is 11.3 Å². The average Bonchev–Trinajstić information content (AvgIpc) is 3.35. The number of phenols is 1. The predicted molar refractivity (Wildman–Crippen MR) is 151 cm³/mol. The van der Waals surface area contributed by atoms with Crippen molar-refractivity contribution in [2.75, 3.05) is 10.6 Å². The molecular formula is C26H19IN4O5S. The van der Waals surface area contributed by atoms with Crippen LogP contribution in [0.1, 0.15) is 15.9 Å². The molecule has 2 aromatic heterocycles. The molecule has 0 aliphatic rings. The highest BCUT2D eigenvalue weighted by Crippen LogP contribution is 2.37. The number of carbonyl (C=O) groups excluding carboxylic acids is 2. The first-order valence-corrected chi connectivity index (χ1v) is 12.9. The first kappa shape index (κ1) is 24.7. The fraction of sp³-hybridized carbons (Fsp3) is 0.0769. The van der Waals surface area contributed by atoms with Crippen molar-refractivity contribution < 1.29 is 24.6 Å². The molecule has 0 unspecified atom stereocenters. The summed E-state index contributed by atoms with van der Waals surface area (Å²) in [7, 11) is 1.80. The number of aromatic hydroxyl groups is 1. The van der Waals surface area contributed by atoms with Crippen molar-refractivity contribution in [3.63, 3.8) is 0 Å². The maximum atomic E-state index is 12.6. The van der Waals surface area contributed by atoms with E-state index in [-0.39, 0.29) is 11.3 Å². The number of aryl methyl sites for hydroxylation is 2. The van der Waals surface area contributed by atoms with Crippen LogP contribution in [-0.2, 0) is 16.6 Å². The normalized spacial score (nSPS) is 11.1. The number of hydrogen-bond donors (Lipinski definition) is 4. The number of nitrogens with one attached hydrogen (secondary N) is 2. The summed E-state index contributed by atoms with van der Waals surface area (Å²) in [5.41, 5.74) is 4.20. The molecule has 2 amide bonds. The minimum atomic E-state index is -1.22. The number of benzene rings is 3. The summed E-state index contributed by atoms with van der Waals surface area (Å²) in [6.45, 7) is 1.97. The monoisotopic (exact) mass is 626 g/mol. The summed E-state index contributed by atoms with van der Waals surface area (Å²) in [5, 5.41) is 25.7. The Balaban J connectivity index is 1.40. The summed E-state index contributed by atoms with van der Waals surface area (Å²) in [6, 6.07) is 15.6. The topological polar surface area (TPSA) is 134 Å². The molecular weight excluding hydrogens is 607 g/mol. The number of carbonyl (C=O) groups is 3. The number of rotatable bonds is 4. The number of fused-ring (bicyclic) bond motifs is 2. The SMILES string of the molecule is Cc1ccc2nc(NC(=O)C(=O)Nc3cccc(-c4c(I)c5cc(C(=O)O)c(O)cc5n4C)c3)sc2c1. The highest BCUT2D eigenvalue weighted by Gasteiger charge is 2.21. The van der Waals surface area contributed by atoms with Gasteiger partial charge in [0.2, 0.25) is 0 Å². The van der Waals surface area contributed by atoms with Gasteiger partial charge in [-0.1, -0.05) is 29.5 Å². The van der Waals surface area contributed by atoms with Gasteiger partial charge in [0.05, 0.1) is 21.4 Å². The van der Waals surface area contributed by atoms with Crippen LogP contribution in [0.4, 0.5) is 10.8 Å². The molecule has 0 fully saturated rings. The van der Waals surface area contributed by atoms with Gasteiger partial charge in [0, 0.05) is 33.3 Å². The van der Waals surface area contributed by atoms with Crippen LogP contribution in [0.3, 0.4) is 0 Å². The molecule has 0 aliphatic carbocycles. The van der Waals surface area contributed by atoms with Crippen molar-refractivity contribution in [1.82, 2.24) is 9.55 Å². The molecule has 0 radical (unpaired) electrons. The predicted octanol–water partition coefficient (Wildman–Crippen LogP) is 5.35. The number of aromatic nitrogens is 2. The number of halogens is 1. The van der Waals surface area contributed by atoms with E-state index in [1.807, 2.05) is 35.8 Å². The first-order valence-electron chi connectivity index (χ1n) is 11.0. The van der Waals surface area contributed by atoms with Crippen LogP contribution in [0.5, 0.6) is 5.75 Å². The number of anilines is 2. The van der Waals surface area contributed by atoms with Gasteiger partial charge in [-0.2, -0.15) is 0 Å². The molecule has 0 aliphatic heterocycles. The van der Waals surface area contributed by atoms with Gasteiger partial charge in [-0.15, -0.1) is 0 Å². The molecule has 2 heterocycles. The van der Waals surface area contributed by atoms with Gasteiger partial charge < -0.3 is 20.1 Å². The zero-order valence-corrected chi connectivity index (χ0v) is 22.5. The summed E-state index contributed by atoms with van der Waals surface area (Å²) in [4.78, 5) is 41.0. The number of hydrogen-bond acceptors (Lipinski definition) is 6. The Bertz CT molecular complexity index is 1760. The van der Waals surface area contributed by atoms with Crippen molar-refractivity contribution in [2.24, 2.45) is 7.05 Å². The van der Waals surface area contributed by atoms with E-state index in [1.165, 1.54) is 23.5 Å². The fourth-order valence-electron chi connectivity index (χ4n) is 4.09. The Morgan fingerprint density at radius 1 is 1.03 bits per heavy atom. The zero-order chi connectivity index (χ0) is 26.4. The van der Waals surface area contributed by atoms with E-state index in [9.17, 15) is 24.6 Å². The lowest BCUT2D eigenvalue weighted by Crippen LogP contribution is -2.29. The Labute approximate surface area is 227 Å².